The molecule has 0 heterocycles. The molecule has 0 aliphatic carbocycles. The highest BCUT2D eigenvalue weighted by Crippen LogP contribution is 2.43. The second kappa shape index (κ2) is 42.3. The third kappa shape index (κ3) is 44.8. The van der Waals surface area contributed by atoms with Crippen LogP contribution in [-0.2, 0) is 18.4 Å². The summed E-state index contributed by atoms with van der Waals surface area (Å²) < 4.78 is 23.7. The van der Waals surface area contributed by atoms with E-state index in [9.17, 15) is 19.4 Å². The standard InChI is InChI=1S/C50H99N2O6P/c1-6-8-10-12-14-16-18-20-21-22-23-24-25-26-27-28-29-30-31-32-34-36-38-40-42-44-50(54)51-48(47-58-59(55,56)57-46-45-52(3,4)5)49(53)43-41-39-37-35-33-19-17-15-13-11-9-7-2/h18,20,22-23,48-49,53H,6-17,19,21,24-47H2,1-5H3,(H-,51,54,55,56)/p+1/b20-18-,23-22-. The number of nitrogens with one attached hydrogen (secondary N) is 1. The summed E-state index contributed by atoms with van der Waals surface area (Å²) in [6.45, 7) is 4.88. The molecule has 0 aromatic carbocycles. The number of likely N-dealkylation sites (N-methyl/N-ethyl adjacent to an activating group) is 1. The monoisotopic (exact) mass is 856 g/mol. The summed E-state index contributed by atoms with van der Waals surface area (Å²) in [4.78, 5) is 23.2. The Kier molecular flexibility index (Phi) is 41.6. The van der Waals surface area contributed by atoms with Crippen molar-refractivity contribution in [3.8, 4) is 0 Å². The van der Waals surface area contributed by atoms with Crippen LogP contribution in [0, 0.1) is 0 Å². The number of phosphoric acid groups is 1. The van der Waals surface area contributed by atoms with Crippen molar-refractivity contribution in [2.24, 2.45) is 0 Å². The van der Waals surface area contributed by atoms with E-state index in [1.807, 2.05) is 21.1 Å². The van der Waals surface area contributed by atoms with E-state index in [4.69, 9.17) is 9.05 Å². The van der Waals surface area contributed by atoms with E-state index in [1.54, 1.807) is 0 Å². The van der Waals surface area contributed by atoms with Crippen molar-refractivity contribution < 1.29 is 32.9 Å². The number of quaternary nitrogens is 1. The number of hydrogen-bond donors (Lipinski definition) is 3. The molecule has 3 N–H and O–H groups in total. The molecule has 0 aromatic heterocycles. The number of nitrogens with zero attached hydrogens (tertiary/aromatic N) is 1. The maximum Gasteiger partial charge on any atom is 0.472 e. The van der Waals surface area contributed by atoms with Gasteiger partial charge in [0, 0.05) is 6.42 Å². The number of rotatable bonds is 46. The Bertz CT molecular complexity index is 1020. The smallest absolute Gasteiger partial charge is 0.391 e. The zero-order chi connectivity index (χ0) is 43.6. The van der Waals surface area contributed by atoms with Crippen LogP contribution in [0.15, 0.2) is 24.3 Å². The molecule has 0 spiro atoms. The van der Waals surface area contributed by atoms with Gasteiger partial charge in [-0.05, 0) is 44.9 Å². The molecule has 0 bridgehead atoms. The second-order valence-corrected chi connectivity index (χ2v) is 20.0. The van der Waals surface area contributed by atoms with Gasteiger partial charge in [0.1, 0.15) is 13.2 Å². The average molecular weight is 856 g/mol. The molecule has 3 atom stereocenters. The number of unbranched alkanes of at least 4 members (excludes halogenated alkanes) is 29. The van der Waals surface area contributed by atoms with E-state index in [-0.39, 0.29) is 19.1 Å². The topological polar surface area (TPSA) is 105 Å². The van der Waals surface area contributed by atoms with Gasteiger partial charge in [0.15, 0.2) is 0 Å². The zero-order valence-electron chi connectivity index (χ0n) is 39.8. The van der Waals surface area contributed by atoms with Crippen LogP contribution < -0.4 is 5.32 Å². The highest BCUT2D eigenvalue weighted by Gasteiger charge is 2.28. The van der Waals surface area contributed by atoms with Crippen molar-refractivity contribution >= 4 is 13.7 Å². The molecular weight excluding hydrogens is 756 g/mol. The highest BCUT2D eigenvalue weighted by atomic mass is 31.2. The fourth-order valence-corrected chi connectivity index (χ4v) is 8.17. The minimum absolute atomic E-state index is 0.0757. The first-order valence-corrected chi connectivity index (χ1v) is 26.7. The summed E-state index contributed by atoms with van der Waals surface area (Å²) in [6, 6.07) is -0.757. The minimum atomic E-state index is -4.31. The van der Waals surface area contributed by atoms with Crippen molar-refractivity contribution in [1.82, 2.24) is 5.32 Å². The maximum absolute atomic E-state index is 12.9. The molecule has 0 aliphatic heterocycles. The van der Waals surface area contributed by atoms with Crippen molar-refractivity contribution in [3.05, 3.63) is 24.3 Å². The van der Waals surface area contributed by atoms with E-state index in [0.717, 1.165) is 44.9 Å². The lowest BCUT2D eigenvalue weighted by atomic mass is 10.0. The Hall–Kier alpha value is -1.02. The van der Waals surface area contributed by atoms with Crippen molar-refractivity contribution in [3.63, 3.8) is 0 Å². The molecular formula is C50H100N2O6P+. The summed E-state index contributed by atoms with van der Waals surface area (Å²) >= 11 is 0. The maximum atomic E-state index is 12.9. The quantitative estimate of drug-likeness (QED) is 0.0244. The van der Waals surface area contributed by atoms with Gasteiger partial charge in [0.25, 0.3) is 0 Å². The molecule has 0 radical (unpaired) electrons. The van der Waals surface area contributed by atoms with Gasteiger partial charge in [-0.25, -0.2) is 4.57 Å². The number of phosphoric ester groups is 1. The average Bonchev–Trinajstić information content (AvgIpc) is 3.19. The van der Waals surface area contributed by atoms with Crippen LogP contribution in [0.4, 0.5) is 0 Å². The fraction of sp³-hybridized carbons (Fsp3) is 0.900. The molecule has 0 fully saturated rings. The Morgan fingerprint density at radius 2 is 0.966 bits per heavy atom. The van der Waals surface area contributed by atoms with Gasteiger partial charge < -0.3 is 19.8 Å². The first-order chi connectivity index (χ1) is 28.5. The largest absolute Gasteiger partial charge is 0.472 e. The minimum Gasteiger partial charge on any atom is -0.391 e. The normalized spacial score (nSPS) is 14.4. The molecule has 0 aromatic rings. The third-order valence-corrected chi connectivity index (χ3v) is 12.4. The van der Waals surface area contributed by atoms with Crippen LogP contribution in [0.2, 0.25) is 0 Å². The lowest BCUT2D eigenvalue weighted by Crippen LogP contribution is -2.46. The van der Waals surface area contributed by atoms with Gasteiger partial charge in [-0.15, -0.1) is 0 Å². The molecule has 1 amide bonds. The molecule has 0 rings (SSSR count). The molecule has 0 saturated heterocycles. The third-order valence-electron chi connectivity index (χ3n) is 11.5. The van der Waals surface area contributed by atoms with Crippen LogP contribution in [0.25, 0.3) is 0 Å². The van der Waals surface area contributed by atoms with Gasteiger partial charge in [0.05, 0.1) is 39.9 Å². The molecule has 3 unspecified atom stereocenters. The number of hydrogen-bond acceptors (Lipinski definition) is 5. The lowest BCUT2D eigenvalue weighted by molar-refractivity contribution is -0.870. The van der Waals surface area contributed by atoms with E-state index < -0.39 is 20.0 Å². The molecule has 59 heavy (non-hydrogen) atoms. The van der Waals surface area contributed by atoms with Crippen molar-refractivity contribution in [1.29, 1.82) is 0 Å². The van der Waals surface area contributed by atoms with Crippen LogP contribution >= 0.6 is 7.82 Å². The second-order valence-electron chi connectivity index (χ2n) is 18.5. The Labute approximate surface area is 366 Å². The first-order valence-electron chi connectivity index (χ1n) is 25.2. The van der Waals surface area contributed by atoms with E-state index in [0.29, 0.717) is 23.9 Å². The SMILES string of the molecule is CCCCCCC/C=C\C/C=C\CCCCCCCCCCCCCCCC(=O)NC(COP(=O)(O)OCC[N+](C)(C)C)C(O)CCCCCCCCCCCCCC. The predicted molar refractivity (Wildman–Crippen MR) is 254 cm³/mol. The Morgan fingerprint density at radius 3 is 1.39 bits per heavy atom. The lowest BCUT2D eigenvalue weighted by Gasteiger charge is -2.26. The van der Waals surface area contributed by atoms with E-state index in [1.165, 1.54) is 167 Å². The Morgan fingerprint density at radius 1 is 0.576 bits per heavy atom. The molecule has 350 valence electrons. The van der Waals surface area contributed by atoms with Crippen LogP contribution in [-0.4, -0.2) is 73.4 Å². The van der Waals surface area contributed by atoms with Gasteiger partial charge in [0.2, 0.25) is 5.91 Å². The summed E-state index contributed by atoms with van der Waals surface area (Å²) in [6.07, 6.45) is 50.7. The number of allylic oxidation sites excluding steroid dienone is 4. The van der Waals surface area contributed by atoms with Gasteiger partial charge in [-0.1, -0.05) is 212 Å². The van der Waals surface area contributed by atoms with Crippen molar-refractivity contribution in [2.45, 2.75) is 251 Å². The van der Waals surface area contributed by atoms with Crippen LogP contribution in [0.3, 0.4) is 0 Å². The van der Waals surface area contributed by atoms with Crippen molar-refractivity contribution in [2.75, 3.05) is 40.9 Å². The summed E-state index contributed by atoms with van der Waals surface area (Å²) in [5.41, 5.74) is 0. The summed E-state index contributed by atoms with van der Waals surface area (Å²) in [7, 11) is 1.62. The summed E-state index contributed by atoms with van der Waals surface area (Å²) in [5, 5.41) is 14.0. The predicted octanol–water partition coefficient (Wildman–Crippen LogP) is 14.5. The number of aliphatic hydroxyl groups excluding tert-OH is 1. The first kappa shape index (κ1) is 58.0. The van der Waals surface area contributed by atoms with Crippen LogP contribution in [0.5, 0.6) is 0 Å². The molecule has 0 aliphatic rings. The Balaban J connectivity index is 4.15. The zero-order valence-corrected chi connectivity index (χ0v) is 40.7. The molecule has 9 heteroatoms. The molecule has 8 nitrogen and oxygen atoms in total. The van der Waals surface area contributed by atoms with Crippen LogP contribution in [0.1, 0.15) is 239 Å². The molecule has 0 saturated carbocycles. The van der Waals surface area contributed by atoms with Gasteiger partial charge in [-0.2, -0.15) is 0 Å². The number of carbonyl (C=O) groups is 1. The van der Waals surface area contributed by atoms with E-state index in [2.05, 4.69) is 43.5 Å². The number of carbonyl (C=O) groups excluding carboxylic acids is 1. The van der Waals surface area contributed by atoms with Gasteiger partial charge in [-0.3, -0.25) is 13.8 Å². The van der Waals surface area contributed by atoms with Gasteiger partial charge >= 0.3 is 7.82 Å². The highest BCUT2D eigenvalue weighted by molar-refractivity contribution is 7.47. The number of aliphatic hydroxyl groups is 1. The fourth-order valence-electron chi connectivity index (χ4n) is 7.43. The van der Waals surface area contributed by atoms with E-state index >= 15 is 0 Å². The summed E-state index contributed by atoms with van der Waals surface area (Å²) in [5.74, 6) is -0.144. The number of amides is 1.